The Hall–Kier alpha value is -0.860. The monoisotopic (exact) mass is 103 g/mol. The second-order valence-electron chi connectivity index (χ2n) is 0.455. The molecule has 0 radical (unpaired) electrons. The summed E-state index contributed by atoms with van der Waals surface area (Å²) in [5.41, 5.74) is 4.39. The van der Waals surface area contributed by atoms with Gasteiger partial charge in [0.25, 0.3) is 0 Å². The maximum atomic E-state index is 6.08. The summed E-state index contributed by atoms with van der Waals surface area (Å²) in [6.45, 7) is 1.67. The van der Waals surface area contributed by atoms with E-state index in [9.17, 15) is 0 Å². The summed E-state index contributed by atoms with van der Waals surface area (Å²) >= 11 is 0. The van der Waals surface area contributed by atoms with E-state index in [0.29, 0.717) is 0 Å². The van der Waals surface area contributed by atoms with Crippen molar-refractivity contribution >= 4 is 12.6 Å². The molecule has 0 rings (SSSR count). The first kappa shape index (κ1) is 16.5. The fourth-order valence-electron chi connectivity index (χ4n) is 0. The van der Waals surface area contributed by atoms with E-state index in [0.717, 1.165) is 6.34 Å². The molecule has 0 aromatic carbocycles. The number of hydrogen-bond donors (Lipinski definition) is 3. The Labute approximate surface area is 44.6 Å². The van der Waals surface area contributed by atoms with Crippen LogP contribution in [0.2, 0.25) is 0 Å². The number of hydrogen-bond acceptors (Lipinski definition) is 2. The third-order valence-corrected chi connectivity index (χ3v) is 0. The lowest BCUT2D eigenvalue weighted by molar-refractivity contribution is 1.52. The zero-order valence-corrected chi connectivity index (χ0v) is 3.73. The SMILES string of the molecule is C.CC=N.N=CN. The first-order valence-electron chi connectivity index (χ1n) is 1.49. The smallest absolute Gasteiger partial charge is 0.0765 e. The minimum Gasteiger partial charge on any atom is -0.390 e. The van der Waals surface area contributed by atoms with Gasteiger partial charge in [0, 0.05) is 0 Å². The predicted octanol–water partition coefficient (Wildman–Crippen LogP) is 0.844. The molecule has 0 bridgehead atoms. The van der Waals surface area contributed by atoms with E-state index < -0.39 is 0 Å². The Morgan fingerprint density at radius 3 is 1.43 bits per heavy atom. The van der Waals surface area contributed by atoms with E-state index in [-0.39, 0.29) is 7.43 Å². The fraction of sp³-hybridized carbons (Fsp3) is 0.500. The minimum absolute atomic E-state index is 0. The Balaban J connectivity index is -0.0000000400. The minimum atomic E-state index is 0. The highest BCUT2D eigenvalue weighted by Crippen LogP contribution is 1.17. The molecule has 3 nitrogen and oxygen atoms in total. The van der Waals surface area contributed by atoms with Gasteiger partial charge in [-0.05, 0) is 13.1 Å². The highest BCUT2D eigenvalue weighted by atomic mass is 14.6. The van der Waals surface area contributed by atoms with Crippen molar-refractivity contribution in [1.29, 1.82) is 10.8 Å². The topological polar surface area (TPSA) is 73.7 Å². The molecule has 0 spiro atoms. The molecule has 0 fully saturated rings. The van der Waals surface area contributed by atoms with Gasteiger partial charge in [0.2, 0.25) is 0 Å². The molecule has 3 heteroatoms. The van der Waals surface area contributed by atoms with Crippen LogP contribution in [0.5, 0.6) is 0 Å². The van der Waals surface area contributed by atoms with E-state index in [1.54, 1.807) is 6.92 Å². The molecule has 0 saturated heterocycles. The normalized spacial score (nSPS) is 3.57. The molecule has 0 heterocycles. The van der Waals surface area contributed by atoms with Crippen molar-refractivity contribution in [3.8, 4) is 0 Å². The van der Waals surface area contributed by atoms with E-state index >= 15 is 0 Å². The summed E-state index contributed by atoms with van der Waals surface area (Å²) in [5, 5.41) is 11.9. The predicted molar refractivity (Wildman–Crippen MR) is 34.2 cm³/mol. The zero-order valence-electron chi connectivity index (χ0n) is 3.73. The largest absolute Gasteiger partial charge is 0.390 e. The standard InChI is InChI=1S/C2H5N.CH4N2.CH4/c1-2-3;2-1-3;/h2-3H,1H3;1H,(H3,2,3);1H4. The van der Waals surface area contributed by atoms with E-state index in [4.69, 9.17) is 10.8 Å². The van der Waals surface area contributed by atoms with Crippen LogP contribution in [-0.4, -0.2) is 12.6 Å². The van der Waals surface area contributed by atoms with Gasteiger partial charge in [-0.15, -0.1) is 0 Å². The lowest BCUT2D eigenvalue weighted by Crippen LogP contribution is -1.81. The molecule has 0 aliphatic rings. The summed E-state index contributed by atoms with van der Waals surface area (Å²) < 4.78 is 0. The molecular weight excluding hydrogens is 90.1 g/mol. The molecule has 0 aliphatic heterocycles. The Bertz CT molecular complexity index is 27.9. The van der Waals surface area contributed by atoms with Crippen molar-refractivity contribution in [3.63, 3.8) is 0 Å². The average molecular weight is 103 g/mol. The van der Waals surface area contributed by atoms with Crippen LogP contribution in [-0.2, 0) is 0 Å². The molecule has 0 amide bonds. The van der Waals surface area contributed by atoms with Gasteiger partial charge in [-0.25, -0.2) is 0 Å². The van der Waals surface area contributed by atoms with Crippen LogP contribution >= 0.6 is 0 Å². The number of nitrogens with two attached hydrogens (primary N) is 1. The van der Waals surface area contributed by atoms with Gasteiger partial charge in [-0.1, -0.05) is 7.43 Å². The van der Waals surface area contributed by atoms with Gasteiger partial charge in [0.1, 0.15) is 0 Å². The third-order valence-electron chi connectivity index (χ3n) is 0. The molecule has 44 valence electrons. The van der Waals surface area contributed by atoms with Crippen molar-refractivity contribution < 1.29 is 0 Å². The van der Waals surface area contributed by atoms with Crippen LogP contribution in [0.15, 0.2) is 0 Å². The van der Waals surface area contributed by atoms with Crippen LogP contribution in [0, 0.1) is 10.8 Å². The van der Waals surface area contributed by atoms with Crippen LogP contribution in [0.4, 0.5) is 0 Å². The molecular formula is C4H13N3. The van der Waals surface area contributed by atoms with Gasteiger partial charge < -0.3 is 11.1 Å². The van der Waals surface area contributed by atoms with Gasteiger partial charge in [-0.2, -0.15) is 0 Å². The summed E-state index contributed by atoms with van der Waals surface area (Å²) in [7, 11) is 0. The Morgan fingerprint density at radius 1 is 1.43 bits per heavy atom. The highest BCUT2D eigenvalue weighted by molar-refractivity contribution is 5.48. The van der Waals surface area contributed by atoms with Crippen molar-refractivity contribution in [2.45, 2.75) is 14.4 Å². The maximum Gasteiger partial charge on any atom is 0.0765 e. The molecule has 7 heavy (non-hydrogen) atoms. The first-order valence-corrected chi connectivity index (χ1v) is 1.49. The van der Waals surface area contributed by atoms with Gasteiger partial charge in [0.05, 0.1) is 6.34 Å². The second kappa shape index (κ2) is 67.8. The van der Waals surface area contributed by atoms with Crippen LogP contribution in [0.1, 0.15) is 14.4 Å². The Kier molecular flexibility index (Phi) is 159. The summed E-state index contributed by atoms with van der Waals surface area (Å²) in [5.74, 6) is 0. The fourth-order valence-corrected chi connectivity index (χ4v) is 0. The summed E-state index contributed by atoms with van der Waals surface area (Å²) in [4.78, 5) is 0. The number of rotatable bonds is 0. The average Bonchev–Trinajstić information content (AvgIpc) is 1.39. The lowest BCUT2D eigenvalue weighted by Gasteiger charge is -1.38. The highest BCUT2D eigenvalue weighted by Gasteiger charge is 1.17. The molecule has 0 aromatic heterocycles. The van der Waals surface area contributed by atoms with Crippen LogP contribution in [0.25, 0.3) is 0 Å². The molecule has 4 N–H and O–H groups in total. The van der Waals surface area contributed by atoms with E-state index in [2.05, 4.69) is 5.73 Å². The van der Waals surface area contributed by atoms with Crippen molar-refractivity contribution in [2.24, 2.45) is 5.73 Å². The Morgan fingerprint density at radius 2 is 1.43 bits per heavy atom. The molecule has 0 aromatic rings. The van der Waals surface area contributed by atoms with E-state index in [1.807, 2.05) is 0 Å². The second-order valence-corrected chi connectivity index (χ2v) is 0.455. The lowest BCUT2D eigenvalue weighted by atomic mass is 10.9. The first-order chi connectivity index (χ1) is 2.83. The van der Waals surface area contributed by atoms with Crippen molar-refractivity contribution in [3.05, 3.63) is 0 Å². The summed E-state index contributed by atoms with van der Waals surface area (Å²) in [6, 6.07) is 0. The third kappa shape index (κ3) is 68.5. The zero-order chi connectivity index (χ0) is 5.41. The summed E-state index contributed by atoms with van der Waals surface area (Å²) in [6.07, 6.45) is 2.00. The van der Waals surface area contributed by atoms with E-state index in [1.165, 1.54) is 6.21 Å². The van der Waals surface area contributed by atoms with Crippen molar-refractivity contribution in [2.75, 3.05) is 0 Å². The van der Waals surface area contributed by atoms with Crippen molar-refractivity contribution in [1.82, 2.24) is 0 Å². The van der Waals surface area contributed by atoms with Gasteiger partial charge >= 0.3 is 0 Å². The molecule has 0 aliphatic carbocycles. The number of nitrogens with one attached hydrogen (secondary N) is 2. The van der Waals surface area contributed by atoms with Gasteiger partial charge in [0.15, 0.2) is 0 Å². The van der Waals surface area contributed by atoms with Crippen LogP contribution in [0.3, 0.4) is 0 Å². The van der Waals surface area contributed by atoms with Gasteiger partial charge in [-0.3, -0.25) is 5.41 Å². The molecule has 0 saturated carbocycles. The van der Waals surface area contributed by atoms with Crippen LogP contribution < -0.4 is 5.73 Å². The maximum absolute atomic E-state index is 6.08. The molecule has 0 unspecified atom stereocenters. The molecule has 0 atom stereocenters. The quantitative estimate of drug-likeness (QED) is 0.308.